The number of rotatable bonds is 3. The first-order valence-electron chi connectivity index (χ1n) is 6.06. The lowest BCUT2D eigenvalue weighted by molar-refractivity contribution is -0.0557. The number of fused-ring (bicyclic) bond motifs is 1. The van der Waals surface area contributed by atoms with Crippen LogP contribution >= 0.6 is 0 Å². The van der Waals surface area contributed by atoms with Crippen LogP contribution in [0.25, 0.3) is 20.9 Å². The molecule has 0 radical (unpaired) electrons. The number of azide groups is 1. The van der Waals surface area contributed by atoms with Crippen LogP contribution in [0.4, 0.5) is 0 Å². The maximum atomic E-state index is 10.2. The first-order chi connectivity index (χ1) is 8.21. The molecule has 3 atom stereocenters. The third-order valence-electron chi connectivity index (χ3n) is 4.21. The first kappa shape index (κ1) is 12.0. The normalized spacial score (nSPS) is 35.0. The smallest absolute Gasteiger partial charge is 0.225 e. The predicted octanol–water partition coefficient (Wildman–Crippen LogP) is 3.47. The molecule has 0 amide bonds. The molecule has 17 heavy (non-hydrogen) atoms. The molecular formula is C10H16N6O. The van der Waals surface area contributed by atoms with Gasteiger partial charge in [0.05, 0.1) is 0 Å². The van der Waals surface area contributed by atoms with Crippen molar-refractivity contribution in [3.8, 4) is 0 Å². The van der Waals surface area contributed by atoms with E-state index in [9.17, 15) is 5.11 Å². The van der Waals surface area contributed by atoms with Gasteiger partial charge in [0.15, 0.2) is 0 Å². The number of nitrogens with zero attached hydrogens (tertiary/aromatic N) is 6. The fraction of sp³-hybridized carbons (Fsp3) is 1.00. The summed E-state index contributed by atoms with van der Waals surface area (Å²) in [6, 6.07) is 0. The van der Waals surface area contributed by atoms with E-state index in [1.165, 1.54) is 12.8 Å². The Morgan fingerprint density at radius 1 is 1.00 bits per heavy atom. The summed E-state index contributed by atoms with van der Waals surface area (Å²) < 4.78 is 0. The Labute approximate surface area is 99.1 Å². The van der Waals surface area contributed by atoms with Crippen molar-refractivity contribution in [1.82, 2.24) is 0 Å². The third-order valence-corrected chi connectivity index (χ3v) is 4.21. The van der Waals surface area contributed by atoms with Crippen molar-refractivity contribution in [1.29, 1.82) is 0 Å². The number of aliphatic hydroxyl groups is 1. The topological polar surface area (TPSA) is 118 Å². The standard InChI is InChI=1S/C10H16N6O/c11-15-13-10(17,14-16-12)9-6-2-4-7-3-1-5-8(7)9/h7-9,17H,1-6H2. The molecule has 2 aliphatic rings. The lowest BCUT2D eigenvalue weighted by Crippen LogP contribution is -2.41. The summed E-state index contributed by atoms with van der Waals surface area (Å²) in [6.07, 6.45) is 6.27. The van der Waals surface area contributed by atoms with Crippen molar-refractivity contribution < 1.29 is 5.11 Å². The molecule has 0 aromatic carbocycles. The zero-order valence-corrected chi connectivity index (χ0v) is 9.61. The fourth-order valence-corrected chi connectivity index (χ4v) is 3.55. The molecule has 92 valence electrons. The molecule has 0 aliphatic heterocycles. The number of hydrogen-bond donors (Lipinski definition) is 1. The van der Waals surface area contributed by atoms with E-state index in [0.29, 0.717) is 11.8 Å². The second-order valence-corrected chi connectivity index (χ2v) is 4.96. The Morgan fingerprint density at radius 3 is 2.18 bits per heavy atom. The monoisotopic (exact) mass is 236 g/mol. The van der Waals surface area contributed by atoms with Crippen molar-refractivity contribution in [3.05, 3.63) is 20.9 Å². The molecule has 3 unspecified atom stereocenters. The molecule has 2 aliphatic carbocycles. The van der Waals surface area contributed by atoms with E-state index in [4.69, 9.17) is 11.1 Å². The van der Waals surface area contributed by atoms with Crippen LogP contribution in [-0.2, 0) is 0 Å². The van der Waals surface area contributed by atoms with E-state index < -0.39 is 5.85 Å². The summed E-state index contributed by atoms with van der Waals surface area (Å²) in [4.78, 5) is 5.25. The molecule has 0 aromatic heterocycles. The molecule has 1 N–H and O–H groups in total. The van der Waals surface area contributed by atoms with Gasteiger partial charge in [-0.25, -0.2) is 0 Å². The van der Waals surface area contributed by atoms with Crippen LogP contribution < -0.4 is 0 Å². The SMILES string of the molecule is [N-]=[N+]=NC(O)(N=[N+]=[N-])C1CCCC2CCCC21. The molecule has 0 aromatic rings. The van der Waals surface area contributed by atoms with Gasteiger partial charge in [-0.05, 0) is 35.7 Å². The molecule has 2 fully saturated rings. The van der Waals surface area contributed by atoms with Crippen LogP contribution in [0.3, 0.4) is 0 Å². The molecule has 0 heterocycles. The van der Waals surface area contributed by atoms with E-state index in [2.05, 4.69) is 20.1 Å². The van der Waals surface area contributed by atoms with Gasteiger partial charge in [-0.1, -0.05) is 35.9 Å². The molecule has 0 bridgehead atoms. The van der Waals surface area contributed by atoms with Crippen molar-refractivity contribution in [2.24, 2.45) is 28.0 Å². The van der Waals surface area contributed by atoms with Crippen LogP contribution in [0.5, 0.6) is 0 Å². The highest BCUT2D eigenvalue weighted by Gasteiger charge is 2.46. The van der Waals surface area contributed by atoms with Crippen LogP contribution in [0, 0.1) is 17.8 Å². The predicted molar refractivity (Wildman–Crippen MR) is 61.4 cm³/mol. The average molecular weight is 236 g/mol. The number of hydrogen-bond acceptors (Lipinski definition) is 3. The van der Waals surface area contributed by atoms with Gasteiger partial charge in [-0.2, -0.15) is 0 Å². The molecule has 7 nitrogen and oxygen atoms in total. The van der Waals surface area contributed by atoms with Gasteiger partial charge < -0.3 is 5.11 Å². The summed E-state index contributed by atoms with van der Waals surface area (Å²) in [7, 11) is 0. The van der Waals surface area contributed by atoms with E-state index in [1.54, 1.807) is 0 Å². The van der Waals surface area contributed by atoms with Crippen LogP contribution in [0.15, 0.2) is 10.2 Å². The lowest BCUT2D eigenvalue weighted by Gasteiger charge is -2.39. The summed E-state index contributed by atoms with van der Waals surface area (Å²) in [6.45, 7) is 0. The van der Waals surface area contributed by atoms with Gasteiger partial charge >= 0.3 is 0 Å². The minimum atomic E-state index is -1.92. The maximum Gasteiger partial charge on any atom is 0.225 e. The highest BCUT2D eigenvalue weighted by Crippen LogP contribution is 2.49. The summed E-state index contributed by atoms with van der Waals surface area (Å²) in [5.41, 5.74) is 17.0. The van der Waals surface area contributed by atoms with Gasteiger partial charge in [0.2, 0.25) is 5.85 Å². The van der Waals surface area contributed by atoms with Crippen LogP contribution in [0.2, 0.25) is 0 Å². The van der Waals surface area contributed by atoms with Crippen molar-refractivity contribution >= 4 is 0 Å². The van der Waals surface area contributed by atoms with Gasteiger partial charge in [0, 0.05) is 15.7 Å². The molecule has 0 spiro atoms. The van der Waals surface area contributed by atoms with Gasteiger partial charge in [0.1, 0.15) is 0 Å². The minimum Gasteiger partial charge on any atom is -0.379 e. The fourth-order valence-electron chi connectivity index (χ4n) is 3.55. The summed E-state index contributed by atoms with van der Waals surface area (Å²) in [5, 5.41) is 16.9. The van der Waals surface area contributed by atoms with Crippen molar-refractivity contribution in [3.63, 3.8) is 0 Å². The maximum absolute atomic E-state index is 10.2. The minimum absolute atomic E-state index is 0.226. The Kier molecular flexibility index (Phi) is 3.43. The quantitative estimate of drug-likeness (QED) is 0.450. The van der Waals surface area contributed by atoms with Crippen LogP contribution in [-0.4, -0.2) is 11.0 Å². The van der Waals surface area contributed by atoms with Crippen molar-refractivity contribution in [2.45, 2.75) is 44.4 Å². The van der Waals surface area contributed by atoms with E-state index in [-0.39, 0.29) is 5.92 Å². The van der Waals surface area contributed by atoms with E-state index in [1.807, 2.05) is 0 Å². The molecule has 0 saturated heterocycles. The lowest BCUT2D eigenvalue weighted by atomic mass is 9.71. The first-order valence-corrected chi connectivity index (χ1v) is 6.06. The largest absolute Gasteiger partial charge is 0.379 e. The Bertz CT molecular complexity index is 366. The summed E-state index contributed by atoms with van der Waals surface area (Å²) in [5.74, 6) is -1.24. The van der Waals surface area contributed by atoms with E-state index in [0.717, 1.165) is 25.7 Å². The Morgan fingerprint density at radius 2 is 1.59 bits per heavy atom. The van der Waals surface area contributed by atoms with Gasteiger partial charge in [-0.15, -0.1) is 0 Å². The molecule has 2 saturated carbocycles. The van der Waals surface area contributed by atoms with Crippen molar-refractivity contribution in [2.75, 3.05) is 0 Å². The zero-order valence-electron chi connectivity index (χ0n) is 9.61. The van der Waals surface area contributed by atoms with Crippen LogP contribution in [0.1, 0.15) is 38.5 Å². The Balaban J connectivity index is 2.28. The van der Waals surface area contributed by atoms with Gasteiger partial charge in [-0.3, -0.25) is 0 Å². The third kappa shape index (κ3) is 2.17. The van der Waals surface area contributed by atoms with Gasteiger partial charge in [0.25, 0.3) is 0 Å². The zero-order chi connectivity index (χ0) is 12.3. The highest BCUT2D eigenvalue weighted by atomic mass is 16.3. The second kappa shape index (κ2) is 4.84. The average Bonchev–Trinajstić information content (AvgIpc) is 2.77. The molecule has 2 rings (SSSR count). The molecular weight excluding hydrogens is 220 g/mol. The Hall–Kier alpha value is -1.42. The second-order valence-electron chi connectivity index (χ2n) is 4.96. The molecule has 7 heteroatoms. The summed E-state index contributed by atoms with van der Waals surface area (Å²) >= 11 is 0. The highest BCUT2D eigenvalue weighted by molar-refractivity contribution is 4.95. The van der Waals surface area contributed by atoms with E-state index >= 15 is 0 Å².